The molecular weight excluding hydrogens is 241 g/mol. The van der Waals surface area contributed by atoms with E-state index in [1.54, 1.807) is 12.1 Å². The molecule has 1 aromatic rings. The highest BCUT2D eigenvalue weighted by Gasteiger charge is 2.30. The van der Waals surface area contributed by atoms with Crippen LogP contribution in [0.15, 0.2) is 24.3 Å². The normalized spacial score (nSPS) is 19.4. The molecule has 1 fully saturated rings. The zero-order chi connectivity index (χ0) is 13.9. The van der Waals surface area contributed by atoms with Gasteiger partial charge in [0.15, 0.2) is 0 Å². The molecule has 0 saturated carbocycles. The third-order valence-electron chi connectivity index (χ3n) is 3.91. The van der Waals surface area contributed by atoms with Crippen molar-refractivity contribution in [1.82, 2.24) is 10.2 Å². The van der Waals surface area contributed by atoms with Crippen LogP contribution in [-0.4, -0.2) is 37.6 Å². The van der Waals surface area contributed by atoms with Crippen molar-refractivity contribution in [2.75, 3.05) is 32.7 Å². The number of nitrogens with one attached hydrogen (secondary N) is 1. The number of hydrogen-bond donors (Lipinski definition) is 2. The lowest BCUT2D eigenvalue weighted by atomic mass is 9.80. The van der Waals surface area contributed by atoms with Gasteiger partial charge in [-0.1, -0.05) is 26.0 Å². The fourth-order valence-electron chi connectivity index (χ4n) is 2.67. The van der Waals surface area contributed by atoms with Crippen molar-refractivity contribution in [1.29, 1.82) is 0 Å². The minimum Gasteiger partial charge on any atom is -0.323 e. The lowest BCUT2D eigenvalue weighted by molar-refractivity contribution is 0.139. The van der Waals surface area contributed by atoms with Crippen LogP contribution in [0.25, 0.3) is 0 Å². The molecule has 1 atom stereocenters. The molecule has 1 saturated heterocycles. The first-order chi connectivity index (χ1) is 8.99. The zero-order valence-corrected chi connectivity index (χ0v) is 11.8. The maximum absolute atomic E-state index is 13.0. The van der Waals surface area contributed by atoms with Gasteiger partial charge >= 0.3 is 0 Å². The second kappa shape index (κ2) is 5.99. The Hall–Kier alpha value is -0.970. The van der Waals surface area contributed by atoms with Gasteiger partial charge in [0, 0.05) is 38.8 Å². The van der Waals surface area contributed by atoms with E-state index in [0.29, 0.717) is 0 Å². The van der Waals surface area contributed by atoms with E-state index >= 15 is 0 Å². The van der Waals surface area contributed by atoms with E-state index in [-0.39, 0.29) is 17.3 Å². The molecule has 1 unspecified atom stereocenters. The fraction of sp³-hybridized carbons (Fsp3) is 0.600. The molecule has 0 spiro atoms. The average Bonchev–Trinajstić information content (AvgIpc) is 2.39. The molecule has 1 heterocycles. The largest absolute Gasteiger partial charge is 0.323 e. The van der Waals surface area contributed by atoms with E-state index in [2.05, 4.69) is 24.1 Å². The summed E-state index contributed by atoms with van der Waals surface area (Å²) in [7, 11) is 0. The van der Waals surface area contributed by atoms with Crippen LogP contribution in [0.4, 0.5) is 4.39 Å². The van der Waals surface area contributed by atoms with Crippen molar-refractivity contribution in [3.8, 4) is 0 Å². The van der Waals surface area contributed by atoms with Crippen molar-refractivity contribution in [2.45, 2.75) is 19.9 Å². The molecule has 4 heteroatoms. The molecule has 0 amide bonds. The predicted octanol–water partition coefficient (Wildman–Crippen LogP) is 1.76. The smallest absolute Gasteiger partial charge is 0.123 e. The molecule has 0 aliphatic carbocycles. The van der Waals surface area contributed by atoms with Gasteiger partial charge in [0.1, 0.15) is 5.82 Å². The van der Waals surface area contributed by atoms with Gasteiger partial charge in [-0.2, -0.15) is 0 Å². The Balaban J connectivity index is 2.02. The van der Waals surface area contributed by atoms with Gasteiger partial charge in [-0.25, -0.2) is 4.39 Å². The Morgan fingerprint density at radius 3 is 2.42 bits per heavy atom. The molecule has 0 radical (unpaired) electrons. The molecule has 3 nitrogen and oxygen atoms in total. The number of halogens is 1. The quantitative estimate of drug-likeness (QED) is 0.871. The Labute approximate surface area is 115 Å². The molecule has 1 aliphatic heterocycles. The monoisotopic (exact) mass is 265 g/mol. The number of benzene rings is 1. The van der Waals surface area contributed by atoms with Crippen molar-refractivity contribution >= 4 is 0 Å². The molecular formula is C15H24FN3. The van der Waals surface area contributed by atoms with E-state index in [9.17, 15) is 4.39 Å². The summed E-state index contributed by atoms with van der Waals surface area (Å²) in [5.74, 6) is -0.212. The number of nitrogens with zero attached hydrogens (tertiary/aromatic N) is 1. The van der Waals surface area contributed by atoms with Crippen molar-refractivity contribution in [3.63, 3.8) is 0 Å². The van der Waals surface area contributed by atoms with Crippen LogP contribution in [0, 0.1) is 11.2 Å². The Morgan fingerprint density at radius 1 is 1.26 bits per heavy atom. The first-order valence-corrected chi connectivity index (χ1v) is 6.93. The van der Waals surface area contributed by atoms with Crippen LogP contribution in [0.5, 0.6) is 0 Å². The summed E-state index contributed by atoms with van der Waals surface area (Å²) in [6.07, 6.45) is 0. The minimum atomic E-state index is -0.212. The van der Waals surface area contributed by atoms with Gasteiger partial charge < -0.3 is 16.0 Å². The zero-order valence-electron chi connectivity index (χ0n) is 11.8. The Kier molecular flexibility index (Phi) is 4.55. The third-order valence-corrected chi connectivity index (χ3v) is 3.91. The van der Waals surface area contributed by atoms with Crippen LogP contribution >= 0.6 is 0 Å². The summed E-state index contributed by atoms with van der Waals surface area (Å²) in [5.41, 5.74) is 7.34. The van der Waals surface area contributed by atoms with Gasteiger partial charge in [-0.15, -0.1) is 0 Å². The maximum Gasteiger partial charge on any atom is 0.123 e. The minimum absolute atomic E-state index is 0.0326. The number of piperazine rings is 1. The molecule has 106 valence electrons. The predicted molar refractivity (Wildman–Crippen MR) is 76.4 cm³/mol. The van der Waals surface area contributed by atoms with E-state index in [1.165, 1.54) is 12.1 Å². The second-order valence-corrected chi connectivity index (χ2v) is 6.04. The molecule has 19 heavy (non-hydrogen) atoms. The summed E-state index contributed by atoms with van der Waals surface area (Å²) in [4.78, 5) is 2.44. The summed E-state index contributed by atoms with van der Waals surface area (Å²) in [5, 5.41) is 3.35. The Bertz CT molecular complexity index is 396. The summed E-state index contributed by atoms with van der Waals surface area (Å²) in [6.45, 7) is 9.56. The fourth-order valence-corrected chi connectivity index (χ4v) is 2.67. The van der Waals surface area contributed by atoms with Gasteiger partial charge in [0.05, 0.1) is 0 Å². The van der Waals surface area contributed by atoms with E-state index < -0.39 is 0 Å². The van der Waals surface area contributed by atoms with Crippen LogP contribution < -0.4 is 11.1 Å². The number of hydrogen-bond acceptors (Lipinski definition) is 3. The Morgan fingerprint density at radius 2 is 1.84 bits per heavy atom. The summed E-state index contributed by atoms with van der Waals surface area (Å²) in [6, 6.07) is 6.47. The first-order valence-electron chi connectivity index (χ1n) is 6.93. The molecule has 0 aromatic heterocycles. The number of rotatable bonds is 4. The average molecular weight is 265 g/mol. The lowest BCUT2D eigenvalue weighted by Gasteiger charge is -2.38. The molecule has 1 aromatic carbocycles. The van der Waals surface area contributed by atoms with Crippen molar-refractivity contribution < 1.29 is 4.39 Å². The summed E-state index contributed by atoms with van der Waals surface area (Å²) < 4.78 is 13.0. The van der Waals surface area contributed by atoms with Gasteiger partial charge in [-0.3, -0.25) is 0 Å². The number of nitrogens with two attached hydrogens (primary N) is 1. The molecule has 2 rings (SSSR count). The molecule has 0 bridgehead atoms. The van der Waals surface area contributed by atoms with E-state index in [1.807, 2.05) is 0 Å². The third kappa shape index (κ3) is 3.75. The second-order valence-electron chi connectivity index (χ2n) is 6.04. The highest BCUT2D eigenvalue weighted by atomic mass is 19.1. The van der Waals surface area contributed by atoms with Crippen LogP contribution in [-0.2, 0) is 0 Å². The van der Waals surface area contributed by atoms with Crippen LogP contribution in [0.3, 0.4) is 0 Å². The van der Waals surface area contributed by atoms with E-state index in [4.69, 9.17) is 5.73 Å². The lowest BCUT2D eigenvalue weighted by Crippen LogP contribution is -2.49. The highest BCUT2D eigenvalue weighted by molar-refractivity contribution is 5.21. The van der Waals surface area contributed by atoms with Crippen LogP contribution in [0.2, 0.25) is 0 Å². The standard InChI is InChI=1S/C15H24FN3/c1-15(2,11-19-9-7-18-8-10-19)14(17)12-3-5-13(16)6-4-12/h3-6,14,18H,7-11,17H2,1-2H3. The highest BCUT2D eigenvalue weighted by Crippen LogP contribution is 2.32. The summed E-state index contributed by atoms with van der Waals surface area (Å²) >= 11 is 0. The topological polar surface area (TPSA) is 41.3 Å². The SMILES string of the molecule is CC(C)(CN1CCNCC1)C(N)c1ccc(F)cc1. The van der Waals surface area contributed by atoms with Crippen LogP contribution in [0.1, 0.15) is 25.5 Å². The van der Waals surface area contributed by atoms with E-state index in [0.717, 1.165) is 38.3 Å². The van der Waals surface area contributed by atoms with Gasteiger partial charge in [0.25, 0.3) is 0 Å². The molecule has 3 N–H and O–H groups in total. The molecule has 1 aliphatic rings. The van der Waals surface area contributed by atoms with Crippen molar-refractivity contribution in [2.24, 2.45) is 11.1 Å². The first kappa shape index (κ1) is 14.4. The van der Waals surface area contributed by atoms with Gasteiger partial charge in [-0.05, 0) is 23.1 Å². The maximum atomic E-state index is 13.0. The van der Waals surface area contributed by atoms with Crippen molar-refractivity contribution in [3.05, 3.63) is 35.6 Å². The van der Waals surface area contributed by atoms with Gasteiger partial charge in [0.2, 0.25) is 0 Å².